The molecule has 0 radical (unpaired) electrons. The summed E-state index contributed by atoms with van der Waals surface area (Å²) in [5, 5.41) is 2.77. The van der Waals surface area contributed by atoms with E-state index in [1.165, 1.54) is 6.92 Å². The number of ether oxygens (including phenoxy) is 4. The second kappa shape index (κ2) is 15.3. The van der Waals surface area contributed by atoms with Crippen molar-refractivity contribution in [1.29, 1.82) is 0 Å². The highest BCUT2D eigenvalue weighted by Crippen LogP contribution is 2.04. The topological polar surface area (TPSA) is 83.1 Å². The molecule has 0 unspecified atom stereocenters. The summed E-state index contributed by atoms with van der Waals surface area (Å²) < 4.78 is 21.4. The van der Waals surface area contributed by atoms with Crippen LogP contribution in [0.4, 0.5) is 0 Å². The normalized spacial score (nSPS) is 10.7. The lowest BCUT2D eigenvalue weighted by Crippen LogP contribution is -2.27. The highest BCUT2D eigenvalue weighted by atomic mass is 16.6. The number of carbonyl (C=O) groups excluding carboxylic acids is 2. The highest BCUT2D eigenvalue weighted by molar-refractivity contribution is 5.97. The molecule has 0 aromatic heterocycles. The van der Waals surface area contributed by atoms with E-state index in [2.05, 4.69) is 12.2 Å². The number of carbonyl (C=O) groups is 2. The minimum Gasteiger partial charge on any atom is -0.379 e. The SMILES string of the molecule is CCCOCCOCCOCCOCCNC(=O)c1ccc(C(C)=O)cc1. The molecule has 7 heteroatoms. The van der Waals surface area contributed by atoms with Gasteiger partial charge in [0.1, 0.15) is 0 Å². The minimum absolute atomic E-state index is 0.0230. The van der Waals surface area contributed by atoms with Crippen LogP contribution in [0, 0.1) is 0 Å². The first-order chi connectivity index (χ1) is 13.1. The van der Waals surface area contributed by atoms with E-state index in [0.29, 0.717) is 63.9 Å². The van der Waals surface area contributed by atoms with Crippen LogP contribution >= 0.6 is 0 Å². The zero-order chi connectivity index (χ0) is 19.7. The van der Waals surface area contributed by atoms with E-state index in [0.717, 1.165) is 13.0 Å². The molecule has 152 valence electrons. The van der Waals surface area contributed by atoms with Crippen LogP contribution < -0.4 is 5.32 Å². The maximum atomic E-state index is 11.9. The lowest BCUT2D eigenvalue weighted by atomic mass is 10.1. The van der Waals surface area contributed by atoms with E-state index in [1.54, 1.807) is 24.3 Å². The first-order valence-electron chi connectivity index (χ1n) is 9.35. The van der Waals surface area contributed by atoms with Gasteiger partial charge in [-0.3, -0.25) is 9.59 Å². The van der Waals surface area contributed by atoms with E-state index < -0.39 is 0 Å². The summed E-state index contributed by atoms with van der Waals surface area (Å²) >= 11 is 0. The molecule has 0 aliphatic carbocycles. The van der Waals surface area contributed by atoms with Gasteiger partial charge >= 0.3 is 0 Å². The van der Waals surface area contributed by atoms with Gasteiger partial charge < -0.3 is 24.3 Å². The number of amides is 1. The first-order valence-corrected chi connectivity index (χ1v) is 9.35. The molecule has 0 spiro atoms. The van der Waals surface area contributed by atoms with Gasteiger partial charge in [-0.1, -0.05) is 19.1 Å². The van der Waals surface area contributed by atoms with Gasteiger partial charge in [0.05, 0.1) is 46.2 Å². The maximum absolute atomic E-state index is 11.9. The van der Waals surface area contributed by atoms with Crippen molar-refractivity contribution >= 4 is 11.7 Å². The number of ketones is 1. The molecule has 27 heavy (non-hydrogen) atoms. The van der Waals surface area contributed by atoms with E-state index in [9.17, 15) is 9.59 Å². The molecule has 0 aliphatic heterocycles. The van der Waals surface area contributed by atoms with Crippen LogP contribution in [-0.4, -0.2) is 71.1 Å². The van der Waals surface area contributed by atoms with E-state index in [1.807, 2.05) is 0 Å². The molecule has 0 aliphatic rings. The molecule has 1 amide bonds. The molecule has 1 rings (SSSR count). The molecular weight excluding hydrogens is 350 g/mol. The Labute approximate surface area is 161 Å². The van der Waals surface area contributed by atoms with E-state index in [4.69, 9.17) is 18.9 Å². The molecule has 1 N–H and O–H groups in total. The van der Waals surface area contributed by atoms with Gasteiger partial charge in [-0.15, -0.1) is 0 Å². The van der Waals surface area contributed by atoms with Crippen molar-refractivity contribution in [2.24, 2.45) is 0 Å². The molecule has 0 atom stereocenters. The quantitative estimate of drug-likeness (QED) is 0.349. The summed E-state index contributed by atoms with van der Waals surface area (Å²) in [6, 6.07) is 6.57. The number of Topliss-reactive ketones (excluding diaryl/α,β-unsaturated/α-hetero) is 1. The van der Waals surface area contributed by atoms with Crippen LogP contribution in [0.1, 0.15) is 41.0 Å². The fourth-order valence-electron chi connectivity index (χ4n) is 2.10. The smallest absolute Gasteiger partial charge is 0.251 e. The van der Waals surface area contributed by atoms with Crippen molar-refractivity contribution in [2.75, 3.05) is 59.4 Å². The summed E-state index contributed by atoms with van der Waals surface area (Å²) in [6.07, 6.45) is 1.01. The van der Waals surface area contributed by atoms with Crippen LogP contribution in [0.5, 0.6) is 0 Å². The molecule has 0 saturated carbocycles. The fraction of sp³-hybridized carbons (Fsp3) is 0.600. The third-order valence-corrected chi connectivity index (χ3v) is 3.55. The molecule has 0 fully saturated rings. The average Bonchev–Trinajstić information content (AvgIpc) is 2.68. The Hall–Kier alpha value is -1.80. The Morgan fingerprint density at radius 1 is 0.741 bits per heavy atom. The Morgan fingerprint density at radius 2 is 1.19 bits per heavy atom. The van der Waals surface area contributed by atoms with Crippen molar-refractivity contribution in [2.45, 2.75) is 20.3 Å². The third kappa shape index (κ3) is 11.5. The third-order valence-electron chi connectivity index (χ3n) is 3.55. The van der Waals surface area contributed by atoms with Gasteiger partial charge in [-0.25, -0.2) is 0 Å². The standard InChI is InChI=1S/C20H31NO6/c1-3-9-24-11-13-26-15-16-27-14-12-25-10-8-21-20(23)19-6-4-18(5-7-19)17(2)22/h4-7H,3,8-16H2,1-2H3,(H,21,23). The van der Waals surface area contributed by atoms with Crippen molar-refractivity contribution in [3.63, 3.8) is 0 Å². The van der Waals surface area contributed by atoms with Gasteiger partial charge in [0.25, 0.3) is 5.91 Å². The molecule has 0 bridgehead atoms. The summed E-state index contributed by atoms with van der Waals surface area (Å²) in [7, 11) is 0. The minimum atomic E-state index is -0.190. The van der Waals surface area contributed by atoms with Crippen molar-refractivity contribution < 1.29 is 28.5 Å². The number of benzene rings is 1. The summed E-state index contributed by atoms with van der Waals surface area (Å²) in [6.45, 7) is 8.34. The van der Waals surface area contributed by atoms with Crippen LogP contribution in [-0.2, 0) is 18.9 Å². The largest absolute Gasteiger partial charge is 0.379 e. The number of nitrogens with one attached hydrogen (secondary N) is 1. The van der Waals surface area contributed by atoms with Crippen molar-refractivity contribution in [1.82, 2.24) is 5.32 Å². The number of hydrogen-bond donors (Lipinski definition) is 1. The van der Waals surface area contributed by atoms with Crippen LogP contribution in [0.15, 0.2) is 24.3 Å². The van der Waals surface area contributed by atoms with Crippen molar-refractivity contribution in [3.8, 4) is 0 Å². The molecular formula is C20H31NO6. The second-order valence-electron chi connectivity index (χ2n) is 5.84. The van der Waals surface area contributed by atoms with E-state index >= 15 is 0 Å². The zero-order valence-electron chi connectivity index (χ0n) is 16.3. The van der Waals surface area contributed by atoms with Crippen molar-refractivity contribution in [3.05, 3.63) is 35.4 Å². The zero-order valence-corrected chi connectivity index (χ0v) is 16.3. The van der Waals surface area contributed by atoms with Gasteiger partial charge in [0.2, 0.25) is 0 Å². The average molecular weight is 381 g/mol. The highest BCUT2D eigenvalue weighted by Gasteiger charge is 2.06. The predicted molar refractivity (Wildman–Crippen MR) is 102 cm³/mol. The van der Waals surface area contributed by atoms with E-state index in [-0.39, 0.29) is 11.7 Å². The van der Waals surface area contributed by atoms with Crippen LogP contribution in [0.3, 0.4) is 0 Å². The Morgan fingerprint density at radius 3 is 1.67 bits per heavy atom. The van der Waals surface area contributed by atoms with Gasteiger partial charge in [0.15, 0.2) is 5.78 Å². The number of hydrogen-bond acceptors (Lipinski definition) is 6. The second-order valence-corrected chi connectivity index (χ2v) is 5.84. The van der Waals surface area contributed by atoms with Crippen LogP contribution in [0.25, 0.3) is 0 Å². The summed E-state index contributed by atoms with van der Waals surface area (Å²) in [5.41, 5.74) is 1.11. The van der Waals surface area contributed by atoms with Gasteiger partial charge in [0, 0.05) is 24.3 Å². The summed E-state index contributed by atoms with van der Waals surface area (Å²) in [4.78, 5) is 23.2. The maximum Gasteiger partial charge on any atom is 0.251 e. The monoisotopic (exact) mass is 381 g/mol. The molecule has 0 saturated heterocycles. The van der Waals surface area contributed by atoms with Gasteiger partial charge in [-0.2, -0.15) is 0 Å². The molecule has 7 nitrogen and oxygen atoms in total. The molecule has 1 aromatic carbocycles. The Balaban J connectivity index is 1.92. The predicted octanol–water partition coefficient (Wildman–Crippen LogP) is 2.10. The van der Waals surface area contributed by atoms with Crippen LogP contribution in [0.2, 0.25) is 0 Å². The Kier molecular flexibility index (Phi) is 13.1. The molecule has 1 aromatic rings. The lowest BCUT2D eigenvalue weighted by molar-refractivity contribution is -0.00131. The fourth-order valence-corrected chi connectivity index (χ4v) is 2.10. The van der Waals surface area contributed by atoms with Gasteiger partial charge in [-0.05, 0) is 25.5 Å². The molecule has 0 heterocycles. The number of rotatable bonds is 16. The first kappa shape index (κ1) is 23.2. The lowest BCUT2D eigenvalue weighted by Gasteiger charge is -2.08. The Bertz CT molecular complexity index is 532. The summed E-state index contributed by atoms with van der Waals surface area (Å²) in [5.74, 6) is -0.213.